The molecular weight excluding hydrogens is 392 g/mol. The van der Waals surface area contributed by atoms with E-state index in [0.29, 0.717) is 22.6 Å². The van der Waals surface area contributed by atoms with Crippen molar-refractivity contribution in [2.24, 2.45) is 0 Å². The van der Waals surface area contributed by atoms with Gasteiger partial charge in [0.05, 0.1) is 22.9 Å². The summed E-state index contributed by atoms with van der Waals surface area (Å²) >= 11 is 0. The monoisotopic (exact) mass is 414 g/mol. The summed E-state index contributed by atoms with van der Waals surface area (Å²) in [7, 11) is 0. The fourth-order valence-corrected chi connectivity index (χ4v) is 2.75. The number of nitrogens with zero attached hydrogens (tertiary/aromatic N) is 1. The Balaban J connectivity index is 1.94. The van der Waals surface area contributed by atoms with Crippen LogP contribution in [0.3, 0.4) is 0 Å². The van der Waals surface area contributed by atoms with Crippen molar-refractivity contribution in [3.8, 4) is 17.6 Å². The Kier molecular flexibility index (Phi) is 6.37. The molecule has 0 unspecified atom stereocenters. The lowest BCUT2D eigenvalue weighted by molar-refractivity contribution is 0.00708. The maximum atomic E-state index is 12.8. The Morgan fingerprint density at radius 3 is 2.32 bits per heavy atom. The van der Waals surface area contributed by atoms with Crippen LogP contribution in [0.5, 0.6) is 11.5 Å². The molecule has 0 spiro atoms. The van der Waals surface area contributed by atoms with Crippen LogP contribution in [0.1, 0.15) is 47.1 Å². The van der Waals surface area contributed by atoms with Crippen molar-refractivity contribution in [1.82, 2.24) is 0 Å². The third-order valence-corrected chi connectivity index (χ3v) is 4.09. The molecule has 6 heteroatoms. The molecule has 0 radical (unpaired) electrons. The lowest BCUT2D eigenvalue weighted by Gasteiger charge is -2.21. The number of rotatable bonds is 5. The molecule has 0 aliphatic rings. The molecule has 0 aliphatic heterocycles. The third-order valence-electron chi connectivity index (χ3n) is 4.09. The Morgan fingerprint density at radius 2 is 1.65 bits per heavy atom. The molecule has 0 aromatic heterocycles. The standard InChI is InChI=1S/C25H22N2O4/c1-25(2,3)31-24(29)21-13-12-20(30-19-10-5-4-6-11-19)15-22(21)27-23(28)18-9-7-8-17(14-18)16-26/h4-15H,1-3H3,(H,27,28). The largest absolute Gasteiger partial charge is 0.457 e. The van der Waals surface area contributed by atoms with Crippen LogP contribution in [-0.2, 0) is 4.74 Å². The summed E-state index contributed by atoms with van der Waals surface area (Å²) in [4.78, 5) is 25.5. The Bertz CT molecular complexity index is 1140. The first-order valence-electron chi connectivity index (χ1n) is 9.67. The number of para-hydroxylation sites is 1. The van der Waals surface area contributed by atoms with Gasteiger partial charge in [-0.3, -0.25) is 4.79 Å². The van der Waals surface area contributed by atoms with Crippen molar-refractivity contribution in [2.75, 3.05) is 5.32 Å². The van der Waals surface area contributed by atoms with Crippen molar-refractivity contribution in [2.45, 2.75) is 26.4 Å². The lowest BCUT2D eigenvalue weighted by Crippen LogP contribution is -2.25. The quantitative estimate of drug-likeness (QED) is 0.552. The number of ether oxygens (including phenoxy) is 2. The molecule has 1 N–H and O–H groups in total. The molecule has 1 amide bonds. The van der Waals surface area contributed by atoms with Crippen LogP contribution < -0.4 is 10.1 Å². The SMILES string of the molecule is CC(C)(C)OC(=O)c1ccc(Oc2ccccc2)cc1NC(=O)c1cccc(C#N)c1. The third kappa shape index (κ3) is 5.94. The van der Waals surface area contributed by atoms with E-state index in [4.69, 9.17) is 14.7 Å². The van der Waals surface area contributed by atoms with E-state index in [1.807, 2.05) is 24.3 Å². The smallest absolute Gasteiger partial charge is 0.340 e. The predicted molar refractivity (Wildman–Crippen MR) is 117 cm³/mol. The Labute approximate surface area is 181 Å². The number of carbonyl (C=O) groups is 2. The topological polar surface area (TPSA) is 88.4 Å². The number of hydrogen-bond donors (Lipinski definition) is 1. The summed E-state index contributed by atoms with van der Waals surface area (Å²) in [6, 6.07) is 22.2. The summed E-state index contributed by atoms with van der Waals surface area (Å²) in [5, 5.41) is 11.8. The van der Waals surface area contributed by atoms with E-state index in [1.165, 1.54) is 6.07 Å². The van der Waals surface area contributed by atoms with Crippen LogP contribution >= 0.6 is 0 Å². The first kappa shape index (κ1) is 21.6. The second-order valence-corrected chi connectivity index (χ2v) is 7.77. The van der Waals surface area contributed by atoms with E-state index >= 15 is 0 Å². The second-order valence-electron chi connectivity index (χ2n) is 7.77. The zero-order valence-corrected chi connectivity index (χ0v) is 17.5. The molecule has 31 heavy (non-hydrogen) atoms. The average molecular weight is 414 g/mol. The van der Waals surface area contributed by atoms with Crippen molar-refractivity contribution in [1.29, 1.82) is 5.26 Å². The molecule has 3 aromatic carbocycles. The van der Waals surface area contributed by atoms with Gasteiger partial charge in [-0.1, -0.05) is 24.3 Å². The van der Waals surface area contributed by atoms with Gasteiger partial charge in [-0.05, 0) is 63.2 Å². The van der Waals surface area contributed by atoms with E-state index < -0.39 is 17.5 Å². The van der Waals surface area contributed by atoms with E-state index in [1.54, 1.807) is 69.3 Å². The number of anilines is 1. The van der Waals surface area contributed by atoms with Crippen LogP contribution in [0.2, 0.25) is 0 Å². The number of nitrogens with one attached hydrogen (secondary N) is 1. The molecule has 156 valence electrons. The van der Waals surface area contributed by atoms with E-state index in [-0.39, 0.29) is 11.3 Å². The molecule has 6 nitrogen and oxygen atoms in total. The molecule has 0 aliphatic carbocycles. The summed E-state index contributed by atoms with van der Waals surface area (Å²) < 4.78 is 11.3. The van der Waals surface area contributed by atoms with Crippen molar-refractivity contribution < 1.29 is 19.1 Å². The molecule has 0 saturated heterocycles. The summed E-state index contributed by atoms with van der Waals surface area (Å²) in [5.74, 6) is 0.0321. The van der Waals surface area contributed by atoms with Crippen LogP contribution in [0.25, 0.3) is 0 Å². The molecule has 0 fully saturated rings. The fraction of sp³-hybridized carbons (Fsp3) is 0.160. The number of nitriles is 1. The minimum Gasteiger partial charge on any atom is -0.457 e. The van der Waals surface area contributed by atoms with E-state index in [2.05, 4.69) is 5.32 Å². The molecular formula is C25H22N2O4. The van der Waals surface area contributed by atoms with Gasteiger partial charge >= 0.3 is 5.97 Å². The van der Waals surface area contributed by atoms with Gasteiger partial charge in [-0.15, -0.1) is 0 Å². The highest BCUT2D eigenvalue weighted by atomic mass is 16.6. The minimum atomic E-state index is -0.696. The van der Waals surface area contributed by atoms with Crippen molar-refractivity contribution in [3.05, 3.63) is 89.5 Å². The highest BCUT2D eigenvalue weighted by Crippen LogP contribution is 2.29. The van der Waals surface area contributed by atoms with Crippen molar-refractivity contribution in [3.63, 3.8) is 0 Å². The Morgan fingerprint density at radius 1 is 0.903 bits per heavy atom. The zero-order chi connectivity index (χ0) is 22.4. The van der Waals surface area contributed by atoms with Gasteiger partial charge in [0.2, 0.25) is 0 Å². The van der Waals surface area contributed by atoms with Gasteiger partial charge in [0, 0.05) is 11.6 Å². The summed E-state index contributed by atoms with van der Waals surface area (Å²) in [6.45, 7) is 5.30. The van der Waals surface area contributed by atoms with E-state index in [0.717, 1.165) is 0 Å². The van der Waals surface area contributed by atoms with Gasteiger partial charge in [-0.25, -0.2) is 4.79 Å². The van der Waals surface area contributed by atoms with Gasteiger partial charge in [0.15, 0.2) is 0 Å². The van der Waals surface area contributed by atoms with Crippen LogP contribution in [0, 0.1) is 11.3 Å². The number of benzene rings is 3. The van der Waals surface area contributed by atoms with E-state index in [9.17, 15) is 9.59 Å². The number of esters is 1. The summed E-state index contributed by atoms with van der Waals surface area (Å²) in [6.07, 6.45) is 0. The molecule has 0 heterocycles. The number of amides is 1. The van der Waals surface area contributed by atoms with Gasteiger partial charge < -0.3 is 14.8 Å². The van der Waals surface area contributed by atoms with Gasteiger partial charge in [0.1, 0.15) is 17.1 Å². The highest BCUT2D eigenvalue weighted by molar-refractivity contribution is 6.08. The Hall–Kier alpha value is -4.11. The van der Waals surface area contributed by atoms with Crippen molar-refractivity contribution >= 4 is 17.6 Å². The molecule has 0 saturated carbocycles. The number of carbonyl (C=O) groups excluding carboxylic acids is 2. The predicted octanol–water partition coefficient (Wildman–Crippen LogP) is 5.56. The van der Waals surface area contributed by atoms with Gasteiger partial charge in [-0.2, -0.15) is 5.26 Å². The first-order valence-corrected chi connectivity index (χ1v) is 9.67. The lowest BCUT2D eigenvalue weighted by atomic mass is 10.1. The fourth-order valence-electron chi connectivity index (χ4n) is 2.75. The number of hydrogen-bond acceptors (Lipinski definition) is 5. The van der Waals surface area contributed by atoms with Crippen LogP contribution in [-0.4, -0.2) is 17.5 Å². The van der Waals surface area contributed by atoms with Gasteiger partial charge in [0.25, 0.3) is 5.91 Å². The molecule has 3 aromatic rings. The average Bonchev–Trinajstić information content (AvgIpc) is 2.73. The normalized spacial score (nSPS) is 10.6. The maximum absolute atomic E-state index is 12.8. The van der Waals surface area contributed by atoms with Crippen LogP contribution in [0.4, 0.5) is 5.69 Å². The zero-order valence-electron chi connectivity index (χ0n) is 17.5. The molecule has 3 rings (SSSR count). The van der Waals surface area contributed by atoms with Crippen LogP contribution in [0.15, 0.2) is 72.8 Å². The maximum Gasteiger partial charge on any atom is 0.340 e. The minimum absolute atomic E-state index is 0.195. The summed E-state index contributed by atoms with van der Waals surface area (Å²) in [5.41, 5.74) is 0.401. The molecule has 0 bridgehead atoms. The molecule has 0 atom stereocenters. The highest BCUT2D eigenvalue weighted by Gasteiger charge is 2.22. The first-order chi connectivity index (χ1) is 14.7. The second kappa shape index (κ2) is 9.14.